The molecule has 1 aliphatic carbocycles. The van der Waals surface area contributed by atoms with Crippen molar-refractivity contribution >= 4 is 17.4 Å². The molecule has 1 N–H and O–H groups in total. The first-order valence-electron chi connectivity index (χ1n) is 12.4. The van der Waals surface area contributed by atoms with Crippen LogP contribution >= 0.6 is 11.6 Å². The van der Waals surface area contributed by atoms with Gasteiger partial charge in [0.25, 0.3) is 0 Å². The molecule has 1 fully saturated rings. The van der Waals surface area contributed by atoms with Crippen LogP contribution in [0.2, 0.25) is 5.02 Å². The minimum absolute atomic E-state index is 0.00908. The Morgan fingerprint density at radius 2 is 1.87 bits per heavy atom. The predicted molar refractivity (Wildman–Crippen MR) is 141 cm³/mol. The molecule has 39 heavy (non-hydrogen) atoms. The van der Waals surface area contributed by atoms with Crippen molar-refractivity contribution in [2.45, 2.75) is 31.7 Å². The third kappa shape index (κ3) is 5.35. The summed E-state index contributed by atoms with van der Waals surface area (Å²) in [7, 11) is 0. The molecule has 1 saturated heterocycles. The second-order valence-electron chi connectivity index (χ2n) is 10.4. The Balaban J connectivity index is 1.47. The van der Waals surface area contributed by atoms with Crippen LogP contribution < -0.4 is 5.76 Å². The number of H-pyrrole nitrogens is 1. The maximum absolute atomic E-state index is 15.6. The Kier molecular flexibility index (Phi) is 7.10. The summed E-state index contributed by atoms with van der Waals surface area (Å²) in [5.74, 6) is -2.22. The van der Waals surface area contributed by atoms with Crippen LogP contribution in [-0.2, 0) is 4.79 Å². The van der Waals surface area contributed by atoms with Gasteiger partial charge in [0.1, 0.15) is 5.67 Å². The zero-order valence-electron chi connectivity index (χ0n) is 21.2. The number of allylic oxidation sites excluding steroid dienone is 4. The van der Waals surface area contributed by atoms with Crippen molar-refractivity contribution in [3.63, 3.8) is 0 Å². The Bertz CT molecular complexity index is 1560. The molecule has 1 unspecified atom stereocenters. The summed E-state index contributed by atoms with van der Waals surface area (Å²) in [5, 5.41) is 16.1. The van der Waals surface area contributed by atoms with Gasteiger partial charge in [-0.3, -0.25) is 9.69 Å². The summed E-state index contributed by atoms with van der Waals surface area (Å²) in [6.45, 7) is 3.58. The van der Waals surface area contributed by atoms with Gasteiger partial charge in [-0.2, -0.15) is 5.26 Å². The van der Waals surface area contributed by atoms with Crippen LogP contribution in [0.25, 0.3) is 11.5 Å². The molecule has 0 saturated carbocycles. The molecule has 5 rings (SSSR count). The Morgan fingerprint density at radius 1 is 1.15 bits per heavy atom. The maximum atomic E-state index is 15.6. The summed E-state index contributed by atoms with van der Waals surface area (Å²) in [6.07, 6.45) is 0.279. The predicted octanol–water partition coefficient (Wildman–Crippen LogP) is 5.37. The molecule has 0 spiro atoms. The number of alkyl halides is 2. The summed E-state index contributed by atoms with van der Waals surface area (Å²) in [4.78, 5) is 25.8. The number of nitriles is 1. The van der Waals surface area contributed by atoms with Crippen LogP contribution in [0, 0.1) is 23.2 Å². The van der Waals surface area contributed by atoms with E-state index in [0.29, 0.717) is 23.7 Å². The van der Waals surface area contributed by atoms with E-state index in [0.717, 1.165) is 23.3 Å². The molecular formula is C29H25ClF2N4O3. The minimum atomic E-state index is -1.84. The highest BCUT2D eigenvalue weighted by Gasteiger charge is 2.48. The van der Waals surface area contributed by atoms with E-state index in [-0.39, 0.29) is 29.0 Å². The fourth-order valence-electron chi connectivity index (χ4n) is 5.68. The largest absolute Gasteiger partial charge is 0.434 e. The number of carbonyl (C=O) groups excluding carboxylic acids is 1. The highest BCUT2D eigenvalue weighted by atomic mass is 35.5. The molecule has 3 atom stereocenters. The highest BCUT2D eigenvalue weighted by molar-refractivity contribution is 6.30. The Morgan fingerprint density at radius 3 is 2.49 bits per heavy atom. The average molecular weight is 551 g/mol. The van der Waals surface area contributed by atoms with Crippen LogP contribution in [0.1, 0.15) is 31.0 Å². The molecule has 10 heteroatoms. The monoisotopic (exact) mass is 550 g/mol. The van der Waals surface area contributed by atoms with E-state index in [1.807, 2.05) is 30.3 Å². The van der Waals surface area contributed by atoms with E-state index >= 15 is 8.78 Å². The molecule has 2 heterocycles. The lowest BCUT2D eigenvalue weighted by Crippen LogP contribution is -2.56. The van der Waals surface area contributed by atoms with Gasteiger partial charge >= 0.3 is 5.76 Å². The zero-order valence-corrected chi connectivity index (χ0v) is 22.0. The fourth-order valence-corrected chi connectivity index (χ4v) is 5.80. The number of carbonyl (C=O) groups is 1. The lowest BCUT2D eigenvalue weighted by molar-refractivity contribution is -0.110. The molecule has 7 nitrogen and oxygen atoms in total. The van der Waals surface area contributed by atoms with Crippen molar-refractivity contribution < 1.29 is 18.0 Å². The number of aromatic amines is 1. The fraction of sp³-hybridized carbons (Fsp3) is 0.310. The van der Waals surface area contributed by atoms with E-state index < -0.39 is 29.3 Å². The first-order chi connectivity index (χ1) is 18.5. The number of rotatable bonds is 7. The minimum Gasteiger partial charge on any atom is -0.388 e. The van der Waals surface area contributed by atoms with Crippen molar-refractivity contribution in [1.29, 1.82) is 5.26 Å². The maximum Gasteiger partial charge on any atom is 0.434 e. The van der Waals surface area contributed by atoms with Gasteiger partial charge < -0.3 is 4.42 Å². The molecule has 1 aliphatic heterocycles. The second-order valence-corrected chi connectivity index (χ2v) is 10.8. The normalized spacial score (nSPS) is 20.0. The molecule has 1 aromatic heterocycles. The van der Waals surface area contributed by atoms with Gasteiger partial charge in [0.05, 0.1) is 17.7 Å². The third-order valence-electron chi connectivity index (χ3n) is 7.25. The summed E-state index contributed by atoms with van der Waals surface area (Å²) in [6, 6.07) is 16.2. The number of halogens is 3. The van der Waals surface area contributed by atoms with Crippen LogP contribution in [-0.4, -0.2) is 45.8 Å². The number of ketones is 1. The Labute approximate surface area is 228 Å². The zero-order chi connectivity index (χ0) is 27.9. The summed E-state index contributed by atoms with van der Waals surface area (Å²) in [5.41, 5.74) is 0.281. The lowest BCUT2D eigenvalue weighted by atomic mass is 9.69. The van der Waals surface area contributed by atoms with Crippen LogP contribution in [0.5, 0.6) is 0 Å². The first-order valence-corrected chi connectivity index (χ1v) is 12.8. The third-order valence-corrected chi connectivity index (χ3v) is 7.50. The van der Waals surface area contributed by atoms with Crippen molar-refractivity contribution in [1.82, 2.24) is 15.1 Å². The molecular weight excluding hydrogens is 526 g/mol. The van der Waals surface area contributed by atoms with Crippen LogP contribution in [0.15, 0.2) is 81.0 Å². The van der Waals surface area contributed by atoms with Gasteiger partial charge in [-0.05, 0) is 66.8 Å². The molecule has 200 valence electrons. The summed E-state index contributed by atoms with van der Waals surface area (Å²) >= 11 is 6.14. The molecule has 0 amide bonds. The Hall–Kier alpha value is -3.87. The van der Waals surface area contributed by atoms with E-state index in [9.17, 15) is 14.9 Å². The second kappa shape index (κ2) is 10.4. The van der Waals surface area contributed by atoms with Gasteiger partial charge in [0.2, 0.25) is 5.89 Å². The quantitative estimate of drug-likeness (QED) is 0.424. The average Bonchev–Trinajstić information content (AvgIpc) is 3.31. The molecule has 2 aromatic carbocycles. The van der Waals surface area contributed by atoms with Gasteiger partial charge in [-0.15, -0.1) is 5.10 Å². The van der Waals surface area contributed by atoms with Gasteiger partial charge in [-0.1, -0.05) is 35.9 Å². The number of hydrogen-bond donors (Lipinski definition) is 1. The summed E-state index contributed by atoms with van der Waals surface area (Å²) < 4.78 is 36.0. The van der Waals surface area contributed by atoms with Crippen molar-refractivity contribution in [2.75, 3.05) is 13.1 Å². The number of aromatic nitrogens is 2. The number of benzene rings is 2. The molecule has 0 bridgehead atoms. The first kappa shape index (κ1) is 26.7. The topological polar surface area (TPSA) is 103 Å². The van der Waals surface area contributed by atoms with Gasteiger partial charge in [0, 0.05) is 35.7 Å². The van der Waals surface area contributed by atoms with E-state index in [1.165, 1.54) is 13.8 Å². The molecule has 0 radical (unpaired) electrons. The van der Waals surface area contributed by atoms with E-state index in [2.05, 4.69) is 15.1 Å². The molecule has 2 aliphatic rings. The number of hydrogen-bond acceptors (Lipinski definition) is 6. The van der Waals surface area contributed by atoms with Crippen LogP contribution in [0.4, 0.5) is 8.78 Å². The van der Waals surface area contributed by atoms with Crippen molar-refractivity contribution in [3.8, 4) is 17.5 Å². The van der Waals surface area contributed by atoms with Crippen molar-refractivity contribution in [3.05, 3.63) is 98.5 Å². The molecule has 3 aromatic rings. The lowest BCUT2D eigenvalue weighted by Gasteiger charge is -2.50. The van der Waals surface area contributed by atoms with E-state index in [4.69, 9.17) is 16.0 Å². The van der Waals surface area contributed by atoms with Gasteiger partial charge in [-0.25, -0.2) is 18.7 Å². The number of nitrogens with zero attached hydrogens (tertiary/aromatic N) is 3. The van der Waals surface area contributed by atoms with Crippen molar-refractivity contribution in [2.24, 2.45) is 11.8 Å². The SMILES string of the molecule is CC(C)(F)[C@H](C1=CC(=O)C=C(C#N)C1F)C1CN([C@@H](c2ccc(Cl)cc2)c2cccc(-c3n[nH]c(=O)o3)c2)C1. The smallest absolute Gasteiger partial charge is 0.388 e. The van der Waals surface area contributed by atoms with E-state index in [1.54, 1.807) is 24.3 Å². The standard InChI is InChI=1S/C29H25ClF2N4O3/c1-29(2,32)24(23-12-22(37)11-19(13-33)25(23)31)20-14-36(15-20)26(16-6-8-21(30)9-7-16)17-4-3-5-18(10-17)27-34-35-28(38)39-27/h3-12,20,24-26H,14-15H2,1-2H3,(H,35,38)/t24-,25?,26-/m0/s1. The number of nitrogens with one attached hydrogen (secondary N) is 1. The number of likely N-dealkylation sites (tertiary alicyclic amines) is 1. The van der Waals surface area contributed by atoms with Crippen LogP contribution in [0.3, 0.4) is 0 Å². The highest BCUT2D eigenvalue weighted by Crippen LogP contribution is 2.46. The van der Waals surface area contributed by atoms with Gasteiger partial charge in [0.15, 0.2) is 12.0 Å².